The minimum atomic E-state index is -0.577. The molecule has 8 aromatic carbocycles. The summed E-state index contributed by atoms with van der Waals surface area (Å²) in [5.41, 5.74) is 14.6. The molecule has 280 valence electrons. The quantitative estimate of drug-likeness (QED) is 0.175. The van der Waals surface area contributed by atoms with E-state index in [1.807, 2.05) is 72.9 Å². The minimum Gasteiger partial charge on any atom is -0.457 e. The second-order valence-electron chi connectivity index (χ2n) is 15.4. The van der Waals surface area contributed by atoms with Gasteiger partial charge in [0.05, 0.1) is 10.9 Å². The highest BCUT2D eigenvalue weighted by atomic mass is 16.5. The molecule has 0 saturated carbocycles. The average Bonchev–Trinajstić information content (AvgIpc) is 3.62. The van der Waals surface area contributed by atoms with Gasteiger partial charge in [0, 0.05) is 39.4 Å². The van der Waals surface area contributed by atoms with E-state index < -0.39 is 5.41 Å². The van der Waals surface area contributed by atoms with Crippen LogP contribution in [0.4, 0.5) is 0 Å². The predicted octanol–water partition coefficient (Wildman–Crippen LogP) is 13.2. The van der Waals surface area contributed by atoms with Crippen LogP contribution in [-0.4, -0.2) is 19.9 Å². The number of ether oxygens (including phenoxy) is 1. The number of hydrogen-bond acceptors (Lipinski definition) is 5. The zero-order valence-corrected chi connectivity index (χ0v) is 32.3. The van der Waals surface area contributed by atoms with Crippen molar-refractivity contribution in [3.05, 3.63) is 229 Å². The average molecular weight is 767 g/mol. The van der Waals surface area contributed by atoms with Crippen LogP contribution in [0.25, 0.3) is 78.4 Å². The maximum absolute atomic E-state index is 7.10. The van der Waals surface area contributed by atoms with E-state index >= 15 is 0 Å². The molecule has 0 unspecified atom stereocenters. The fraction of sp³-hybridized carbons (Fsp3) is 0.0182. The van der Waals surface area contributed by atoms with E-state index in [0.717, 1.165) is 72.5 Å². The smallest absolute Gasteiger partial charge is 0.164 e. The zero-order valence-electron chi connectivity index (χ0n) is 32.3. The molecule has 12 rings (SSSR count). The van der Waals surface area contributed by atoms with Crippen molar-refractivity contribution in [2.45, 2.75) is 5.41 Å². The van der Waals surface area contributed by atoms with Crippen LogP contribution in [0.1, 0.15) is 22.3 Å². The Labute approximate surface area is 347 Å². The van der Waals surface area contributed by atoms with Gasteiger partial charge in [0.2, 0.25) is 0 Å². The van der Waals surface area contributed by atoms with Crippen molar-refractivity contribution in [1.29, 1.82) is 0 Å². The summed E-state index contributed by atoms with van der Waals surface area (Å²) in [6.07, 6.45) is 1.85. The number of nitrogens with zero attached hydrogens (tertiary/aromatic N) is 4. The van der Waals surface area contributed by atoms with E-state index in [-0.39, 0.29) is 0 Å². The third-order valence-corrected chi connectivity index (χ3v) is 12.0. The lowest BCUT2D eigenvalue weighted by Gasteiger charge is -2.39. The Kier molecular flexibility index (Phi) is 7.69. The Hall–Kier alpha value is -8.02. The largest absolute Gasteiger partial charge is 0.457 e. The molecule has 1 aliphatic heterocycles. The van der Waals surface area contributed by atoms with Crippen LogP contribution in [0.2, 0.25) is 0 Å². The molecule has 0 saturated heterocycles. The fourth-order valence-electron chi connectivity index (χ4n) is 9.29. The van der Waals surface area contributed by atoms with Gasteiger partial charge in [-0.15, -0.1) is 0 Å². The Morgan fingerprint density at radius 1 is 0.333 bits per heavy atom. The lowest BCUT2D eigenvalue weighted by Crippen LogP contribution is -2.32. The van der Waals surface area contributed by atoms with Gasteiger partial charge in [-0.25, -0.2) is 15.0 Å². The molecule has 2 aromatic heterocycles. The van der Waals surface area contributed by atoms with Gasteiger partial charge >= 0.3 is 0 Å². The fourth-order valence-corrected chi connectivity index (χ4v) is 9.29. The van der Waals surface area contributed by atoms with Crippen molar-refractivity contribution in [2.75, 3.05) is 0 Å². The number of hydrogen-bond donors (Lipinski definition) is 0. The molecule has 3 heterocycles. The first-order valence-electron chi connectivity index (χ1n) is 20.2. The molecule has 2 aliphatic rings. The molecule has 0 bridgehead atoms. The summed E-state index contributed by atoms with van der Waals surface area (Å²) in [7, 11) is 0. The highest BCUT2D eigenvalue weighted by Crippen LogP contribution is 2.62. The molecule has 0 amide bonds. The summed E-state index contributed by atoms with van der Waals surface area (Å²) < 4.78 is 7.10. The molecule has 10 aromatic rings. The van der Waals surface area contributed by atoms with Crippen molar-refractivity contribution in [3.8, 4) is 79.0 Å². The molecule has 5 heteroatoms. The Morgan fingerprint density at radius 2 is 0.817 bits per heavy atom. The highest BCUT2D eigenvalue weighted by molar-refractivity contribution is 5.90. The predicted molar refractivity (Wildman–Crippen MR) is 240 cm³/mol. The van der Waals surface area contributed by atoms with Crippen LogP contribution in [-0.2, 0) is 5.41 Å². The lowest BCUT2D eigenvalue weighted by atomic mass is 9.65. The third kappa shape index (κ3) is 5.33. The highest BCUT2D eigenvalue weighted by Gasteiger charge is 2.51. The summed E-state index contributed by atoms with van der Waals surface area (Å²) in [5.74, 6) is 3.54. The van der Waals surface area contributed by atoms with Gasteiger partial charge < -0.3 is 4.74 Å². The van der Waals surface area contributed by atoms with Crippen molar-refractivity contribution < 1.29 is 4.74 Å². The van der Waals surface area contributed by atoms with Crippen molar-refractivity contribution >= 4 is 10.9 Å². The van der Waals surface area contributed by atoms with Gasteiger partial charge in [0.15, 0.2) is 17.5 Å². The maximum atomic E-state index is 7.10. The molecule has 1 aliphatic carbocycles. The topological polar surface area (TPSA) is 60.8 Å². The van der Waals surface area contributed by atoms with Gasteiger partial charge in [0.1, 0.15) is 11.5 Å². The summed E-state index contributed by atoms with van der Waals surface area (Å²) >= 11 is 0. The summed E-state index contributed by atoms with van der Waals surface area (Å²) in [6, 6.07) is 70.2. The van der Waals surface area contributed by atoms with Crippen molar-refractivity contribution in [3.63, 3.8) is 0 Å². The second kappa shape index (κ2) is 13.5. The summed E-state index contributed by atoms with van der Waals surface area (Å²) in [6.45, 7) is 0. The van der Waals surface area contributed by atoms with E-state index in [1.165, 1.54) is 22.3 Å². The summed E-state index contributed by atoms with van der Waals surface area (Å²) in [5, 5.41) is 1.11. The first-order valence-corrected chi connectivity index (χ1v) is 20.2. The van der Waals surface area contributed by atoms with E-state index in [9.17, 15) is 0 Å². The number of rotatable bonds is 5. The standard InChI is InChI=1S/C55H34N4O/c1-3-13-36(14-4-1)52-57-53(37-15-5-2-6-16-37)59-54(58-52)42-18-11-17-38(31-42)40-26-28-47-50(33-40)60-51-34-41(39-25-24-35-19-12-30-56-49(35)32-39)27-29-48(51)55(47)45-22-9-7-20-43(45)44-21-8-10-23-46(44)55/h1-34H. The monoisotopic (exact) mass is 766 g/mol. The van der Waals surface area contributed by atoms with Crippen LogP contribution in [0.5, 0.6) is 11.5 Å². The molecular formula is C55H34N4O. The molecule has 60 heavy (non-hydrogen) atoms. The first kappa shape index (κ1) is 34.1. The number of pyridine rings is 1. The first-order chi connectivity index (χ1) is 29.7. The molecule has 0 radical (unpaired) electrons. The normalized spacial score (nSPS) is 12.9. The molecule has 0 atom stereocenters. The Morgan fingerprint density at radius 3 is 1.43 bits per heavy atom. The van der Waals surface area contributed by atoms with Crippen molar-refractivity contribution in [2.24, 2.45) is 0 Å². The van der Waals surface area contributed by atoms with Crippen LogP contribution >= 0.6 is 0 Å². The van der Waals surface area contributed by atoms with Crippen LogP contribution < -0.4 is 4.74 Å². The van der Waals surface area contributed by atoms with E-state index in [1.54, 1.807) is 0 Å². The number of fused-ring (bicyclic) bond motifs is 10. The minimum absolute atomic E-state index is 0.577. The Balaban J connectivity index is 1.02. The van der Waals surface area contributed by atoms with E-state index in [2.05, 4.69) is 138 Å². The number of benzene rings is 8. The maximum Gasteiger partial charge on any atom is 0.164 e. The SMILES string of the molecule is c1ccc(-c2nc(-c3ccccc3)nc(-c3cccc(-c4ccc5c(c4)Oc4cc(-c6ccc7cccnc7c6)ccc4C54c5ccccc5-c5ccccc54)c3)n2)cc1. The van der Waals surface area contributed by atoms with Gasteiger partial charge in [-0.05, 0) is 74.8 Å². The van der Waals surface area contributed by atoms with Crippen LogP contribution in [0, 0.1) is 0 Å². The number of aromatic nitrogens is 4. The second-order valence-corrected chi connectivity index (χ2v) is 15.4. The van der Waals surface area contributed by atoms with E-state index in [4.69, 9.17) is 19.7 Å². The lowest BCUT2D eigenvalue weighted by molar-refractivity contribution is 0.437. The van der Waals surface area contributed by atoms with Gasteiger partial charge in [-0.1, -0.05) is 170 Å². The van der Waals surface area contributed by atoms with E-state index in [0.29, 0.717) is 17.5 Å². The van der Waals surface area contributed by atoms with Crippen LogP contribution in [0.3, 0.4) is 0 Å². The molecule has 1 spiro atoms. The van der Waals surface area contributed by atoms with Gasteiger partial charge in [-0.2, -0.15) is 0 Å². The molecule has 0 fully saturated rings. The Bertz CT molecular complexity index is 3200. The van der Waals surface area contributed by atoms with Gasteiger partial charge in [0.25, 0.3) is 0 Å². The van der Waals surface area contributed by atoms with Crippen LogP contribution in [0.15, 0.2) is 206 Å². The zero-order chi connectivity index (χ0) is 39.6. The molecular weight excluding hydrogens is 733 g/mol. The van der Waals surface area contributed by atoms with Gasteiger partial charge in [-0.3, -0.25) is 4.98 Å². The molecule has 0 N–H and O–H groups in total. The van der Waals surface area contributed by atoms with Crippen molar-refractivity contribution in [1.82, 2.24) is 19.9 Å². The molecule has 5 nitrogen and oxygen atoms in total. The third-order valence-electron chi connectivity index (χ3n) is 12.0. The summed E-state index contributed by atoms with van der Waals surface area (Å²) in [4.78, 5) is 19.6.